The molecule has 0 nitrogen and oxygen atoms in total. The highest BCUT2D eigenvalue weighted by Crippen LogP contribution is 2.16. The maximum atomic E-state index is 12.3. The highest BCUT2D eigenvalue weighted by atomic mass is 35.5. The third-order valence-corrected chi connectivity index (χ3v) is 2.87. The van der Waals surface area contributed by atoms with Gasteiger partial charge < -0.3 is 0 Å². The van der Waals surface area contributed by atoms with Gasteiger partial charge in [0.1, 0.15) is 5.82 Å². The summed E-state index contributed by atoms with van der Waals surface area (Å²) in [6, 6.07) is 14.7. The van der Waals surface area contributed by atoms with Crippen LogP contribution in [-0.4, -0.2) is 0 Å². The van der Waals surface area contributed by atoms with Crippen molar-refractivity contribution in [1.82, 2.24) is 0 Å². The minimum absolute atomic E-state index is 0.132. The lowest BCUT2D eigenvalue weighted by Crippen LogP contribution is -1.84. The lowest BCUT2D eigenvalue weighted by molar-refractivity contribution is 0.618. The van der Waals surface area contributed by atoms with E-state index >= 15 is 0 Å². The number of hydrogen-bond acceptors (Lipinski definition) is 0. The fraction of sp³-hybridized carbons (Fsp3) is 0.333. The molecule has 0 aliphatic carbocycles. The van der Waals surface area contributed by atoms with E-state index in [-0.39, 0.29) is 5.82 Å². The molecule has 0 unspecified atom stereocenters. The van der Waals surface area contributed by atoms with Crippen molar-refractivity contribution in [2.24, 2.45) is 0 Å². The fourth-order valence-corrected chi connectivity index (χ4v) is 1.52. The Morgan fingerprint density at radius 1 is 0.900 bits per heavy atom. The van der Waals surface area contributed by atoms with Crippen molar-refractivity contribution in [2.45, 2.75) is 40.5 Å². The molecule has 0 aliphatic heterocycles. The zero-order chi connectivity index (χ0) is 15.5. The summed E-state index contributed by atoms with van der Waals surface area (Å²) in [5.74, 6) is 0.463. The molecule has 0 amide bonds. The Kier molecular flexibility index (Phi) is 9.75. The quantitative estimate of drug-likeness (QED) is 0.554. The van der Waals surface area contributed by atoms with E-state index in [2.05, 4.69) is 26.0 Å². The van der Waals surface area contributed by atoms with Gasteiger partial charge >= 0.3 is 0 Å². The molecule has 0 N–H and O–H groups in total. The maximum absolute atomic E-state index is 12.3. The minimum Gasteiger partial charge on any atom is -0.207 e. The van der Waals surface area contributed by atoms with E-state index in [0.717, 1.165) is 5.02 Å². The van der Waals surface area contributed by atoms with Gasteiger partial charge in [0.25, 0.3) is 0 Å². The van der Waals surface area contributed by atoms with Gasteiger partial charge in [0.15, 0.2) is 0 Å². The number of rotatable bonds is 1. The van der Waals surface area contributed by atoms with Crippen LogP contribution in [0.25, 0.3) is 0 Å². The van der Waals surface area contributed by atoms with Crippen LogP contribution in [0.5, 0.6) is 0 Å². The van der Waals surface area contributed by atoms with Gasteiger partial charge in [0.05, 0.1) is 0 Å². The molecule has 0 heterocycles. The molecule has 20 heavy (non-hydrogen) atoms. The standard InChI is InChI=1S/C9H11Cl.C7H7F.C2H6/c1-7(2)8-3-5-9(10)6-4-8;1-6-4-2-3-5-7(6)8;1-2/h3-7H,1-2H3;2-5H,1H3;1-2H3. The molecule has 0 radical (unpaired) electrons. The highest BCUT2D eigenvalue weighted by molar-refractivity contribution is 6.30. The van der Waals surface area contributed by atoms with E-state index in [1.165, 1.54) is 11.6 Å². The van der Waals surface area contributed by atoms with E-state index in [0.29, 0.717) is 11.5 Å². The summed E-state index contributed by atoms with van der Waals surface area (Å²) in [4.78, 5) is 0. The van der Waals surface area contributed by atoms with Crippen LogP contribution in [0.2, 0.25) is 5.02 Å². The molecule has 2 rings (SSSR count). The number of halogens is 2. The molecule has 0 fully saturated rings. The SMILES string of the molecule is CC.CC(C)c1ccc(Cl)cc1.Cc1ccccc1F. The second-order valence-corrected chi connectivity index (χ2v) is 4.89. The Balaban J connectivity index is 0.000000327. The summed E-state index contributed by atoms with van der Waals surface area (Å²) in [5.41, 5.74) is 2.04. The zero-order valence-electron chi connectivity index (χ0n) is 13.0. The summed E-state index contributed by atoms with van der Waals surface area (Å²) in [6.07, 6.45) is 0. The van der Waals surface area contributed by atoms with Gasteiger partial charge in [-0.2, -0.15) is 0 Å². The lowest BCUT2D eigenvalue weighted by Gasteiger charge is -2.03. The first-order valence-corrected chi connectivity index (χ1v) is 7.35. The van der Waals surface area contributed by atoms with E-state index in [1.807, 2.05) is 32.0 Å². The van der Waals surface area contributed by atoms with Gasteiger partial charge in [-0.1, -0.05) is 69.6 Å². The third kappa shape index (κ3) is 7.30. The second-order valence-electron chi connectivity index (χ2n) is 4.46. The van der Waals surface area contributed by atoms with E-state index in [4.69, 9.17) is 11.6 Å². The smallest absolute Gasteiger partial charge is 0.126 e. The molecule has 2 heteroatoms. The zero-order valence-corrected chi connectivity index (χ0v) is 13.7. The Morgan fingerprint density at radius 3 is 1.75 bits per heavy atom. The molecule has 110 valence electrons. The molecule has 0 saturated carbocycles. The first kappa shape index (κ1) is 18.7. The van der Waals surface area contributed by atoms with Crippen LogP contribution in [0.15, 0.2) is 48.5 Å². The van der Waals surface area contributed by atoms with Crippen molar-refractivity contribution in [1.29, 1.82) is 0 Å². The van der Waals surface area contributed by atoms with Crippen LogP contribution in [0, 0.1) is 12.7 Å². The van der Waals surface area contributed by atoms with Gasteiger partial charge in [-0.25, -0.2) is 4.39 Å². The van der Waals surface area contributed by atoms with Crippen LogP contribution in [0.3, 0.4) is 0 Å². The predicted molar refractivity (Wildman–Crippen MR) is 88.0 cm³/mol. The molecule has 0 aromatic heterocycles. The van der Waals surface area contributed by atoms with Gasteiger partial charge in [-0.15, -0.1) is 0 Å². The lowest BCUT2D eigenvalue weighted by atomic mass is 10.0. The number of benzene rings is 2. The van der Waals surface area contributed by atoms with Gasteiger partial charge in [-0.3, -0.25) is 0 Å². The molecule has 0 bridgehead atoms. The summed E-state index contributed by atoms with van der Waals surface area (Å²) < 4.78 is 12.3. The van der Waals surface area contributed by atoms with Crippen molar-refractivity contribution in [3.8, 4) is 0 Å². The normalized spacial score (nSPS) is 9.20. The average molecular weight is 295 g/mol. The van der Waals surface area contributed by atoms with Crippen LogP contribution in [0.4, 0.5) is 4.39 Å². The Bertz CT molecular complexity index is 454. The average Bonchev–Trinajstić information content (AvgIpc) is 2.45. The topological polar surface area (TPSA) is 0 Å². The van der Waals surface area contributed by atoms with Gasteiger partial charge in [-0.05, 0) is 42.2 Å². The summed E-state index contributed by atoms with van der Waals surface area (Å²) in [6.45, 7) is 10.1. The molecular formula is C18H24ClF. The summed E-state index contributed by atoms with van der Waals surface area (Å²) in [7, 11) is 0. The molecule has 2 aromatic rings. The molecule has 0 saturated heterocycles. The first-order chi connectivity index (χ1) is 9.50. The van der Waals surface area contributed by atoms with Crippen LogP contribution >= 0.6 is 11.6 Å². The van der Waals surface area contributed by atoms with Crippen LogP contribution in [0.1, 0.15) is 44.7 Å². The maximum Gasteiger partial charge on any atom is 0.126 e. The molecule has 0 spiro atoms. The third-order valence-electron chi connectivity index (χ3n) is 2.61. The first-order valence-electron chi connectivity index (χ1n) is 6.97. The van der Waals surface area contributed by atoms with Crippen molar-refractivity contribution in [2.75, 3.05) is 0 Å². The minimum atomic E-state index is -0.132. The Labute approximate surface area is 127 Å². The van der Waals surface area contributed by atoms with E-state index < -0.39 is 0 Å². The van der Waals surface area contributed by atoms with Gasteiger partial charge in [0.2, 0.25) is 0 Å². The summed E-state index contributed by atoms with van der Waals surface area (Å²) >= 11 is 5.72. The fourth-order valence-electron chi connectivity index (χ4n) is 1.40. The van der Waals surface area contributed by atoms with Crippen molar-refractivity contribution < 1.29 is 4.39 Å². The Hall–Kier alpha value is -1.34. The van der Waals surface area contributed by atoms with Crippen molar-refractivity contribution >= 4 is 11.6 Å². The molecule has 2 aromatic carbocycles. The number of hydrogen-bond donors (Lipinski definition) is 0. The Morgan fingerprint density at radius 2 is 1.40 bits per heavy atom. The molecule has 0 aliphatic rings. The summed E-state index contributed by atoms with van der Waals surface area (Å²) in [5, 5.41) is 0.810. The van der Waals surface area contributed by atoms with Crippen LogP contribution in [-0.2, 0) is 0 Å². The van der Waals surface area contributed by atoms with Crippen LogP contribution < -0.4 is 0 Å². The van der Waals surface area contributed by atoms with Crippen molar-refractivity contribution in [3.05, 3.63) is 70.5 Å². The largest absolute Gasteiger partial charge is 0.207 e. The van der Waals surface area contributed by atoms with Crippen molar-refractivity contribution in [3.63, 3.8) is 0 Å². The highest BCUT2D eigenvalue weighted by Gasteiger charge is 1.96. The monoisotopic (exact) mass is 294 g/mol. The van der Waals surface area contributed by atoms with E-state index in [1.54, 1.807) is 19.1 Å². The predicted octanol–water partition coefficient (Wildman–Crippen LogP) is 6.62. The molecular weight excluding hydrogens is 271 g/mol. The van der Waals surface area contributed by atoms with Gasteiger partial charge in [0, 0.05) is 5.02 Å². The van der Waals surface area contributed by atoms with E-state index in [9.17, 15) is 4.39 Å². The second kappa shape index (κ2) is 10.4. The number of aryl methyl sites for hydroxylation is 1. The molecule has 0 atom stereocenters.